The molecule has 0 spiro atoms. The van der Waals surface area contributed by atoms with Crippen LogP contribution in [0.3, 0.4) is 0 Å². The minimum Gasteiger partial charge on any atom is -0.425 e. The number of ether oxygens (including phenoxy) is 2. The van der Waals surface area contributed by atoms with E-state index in [4.69, 9.17) is 0 Å². The lowest BCUT2D eigenvalue weighted by Crippen LogP contribution is -2.09. The maximum absolute atomic E-state index is 13.2. The number of hydrogen-bond donors (Lipinski definition) is 0. The van der Waals surface area contributed by atoms with Gasteiger partial charge < -0.3 is 9.47 Å². The lowest BCUT2D eigenvalue weighted by atomic mass is 10.2. The van der Waals surface area contributed by atoms with Crippen molar-refractivity contribution in [2.24, 2.45) is 0 Å². The fourth-order valence-electron chi connectivity index (χ4n) is 1.11. The molecule has 14 heavy (non-hydrogen) atoms. The second-order valence-corrected chi connectivity index (χ2v) is 2.54. The molecule has 6 heteroatoms. The predicted molar refractivity (Wildman–Crippen MR) is 38.0 cm³/mol. The molecule has 0 fully saturated rings. The number of alkyl halides is 1. The van der Waals surface area contributed by atoms with Gasteiger partial charge in [0.1, 0.15) is 0 Å². The average Bonchev–Trinajstić information content (AvgIpc) is 2.46. The number of hydrogen-bond acceptors (Lipinski definition) is 3. The number of halogens is 3. The number of rotatable bonds is 1. The summed E-state index contributed by atoms with van der Waals surface area (Å²) in [4.78, 5) is 10.3. The van der Waals surface area contributed by atoms with Gasteiger partial charge in [0.05, 0.1) is 5.56 Å². The Labute approximate surface area is 76.0 Å². The molecule has 2 rings (SSSR count). The van der Waals surface area contributed by atoms with Gasteiger partial charge in [-0.3, -0.25) is 4.79 Å². The molecule has 1 atom stereocenters. The zero-order valence-corrected chi connectivity index (χ0v) is 6.59. The van der Waals surface area contributed by atoms with Crippen LogP contribution >= 0.6 is 0 Å². The Morgan fingerprint density at radius 1 is 1.36 bits per heavy atom. The minimum atomic E-state index is -2.12. The topological polar surface area (TPSA) is 35.5 Å². The molecule has 74 valence electrons. The molecule has 1 unspecified atom stereocenters. The highest BCUT2D eigenvalue weighted by Gasteiger charge is 2.29. The molecule has 1 aliphatic rings. The highest BCUT2D eigenvalue weighted by molar-refractivity contribution is 5.89. The first-order valence-corrected chi connectivity index (χ1v) is 3.59. The van der Waals surface area contributed by atoms with E-state index in [0.717, 1.165) is 12.1 Å². The van der Waals surface area contributed by atoms with E-state index in [1.807, 2.05) is 0 Å². The smallest absolute Gasteiger partial charge is 0.397 e. The van der Waals surface area contributed by atoms with Crippen molar-refractivity contribution in [1.82, 2.24) is 0 Å². The van der Waals surface area contributed by atoms with Crippen LogP contribution in [0.2, 0.25) is 0 Å². The second kappa shape index (κ2) is 2.90. The van der Waals surface area contributed by atoms with Gasteiger partial charge in [-0.25, -0.2) is 4.39 Å². The van der Waals surface area contributed by atoms with Crippen molar-refractivity contribution in [3.05, 3.63) is 23.5 Å². The Balaban J connectivity index is 2.53. The summed E-state index contributed by atoms with van der Waals surface area (Å²) in [6.45, 7) is -2.12. The van der Waals surface area contributed by atoms with Gasteiger partial charge in [0.2, 0.25) is 5.75 Å². The first-order valence-electron chi connectivity index (χ1n) is 3.59. The normalized spacial score (nSPS) is 18.4. The SMILES string of the molecule is O=C(F)c1ccc2c(c1F)OC(F)O2. The van der Waals surface area contributed by atoms with E-state index in [9.17, 15) is 18.0 Å². The lowest BCUT2D eigenvalue weighted by molar-refractivity contribution is -0.0663. The molecule has 0 N–H and O–H groups in total. The fourth-order valence-corrected chi connectivity index (χ4v) is 1.11. The molecule has 0 amide bonds. The van der Waals surface area contributed by atoms with E-state index >= 15 is 0 Å². The van der Waals surface area contributed by atoms with Crippen molar-refractivity contribution >= 4 is 6.04 Å². The first kappa shape index (κ1) is 8.86. The second-order valence-electron chi connectivity index (χ2n) is 2.54. The molecular formula is C8H3F3O3. The van der Waals surface area contributed by atoms with Crippen molar-refractivity contribution in [2.75, 3.05) is 0 Å². The molecule has 1 aliphatic heterocycles. The first-order chi connectivity index (χ1) is 6.59. The zero-order valence-electron chi connectivity index (χ0n) is 6.59. The van der Waals surface area contributed by atoms with E-state index in [2.05, 4.69) is 9.47 Å². The number of carbonyl (C=O) groups is 1. The van der Waals surface area contributed by atoms with Gasteiger partial charge in [0.15, 0.2) is 11.6 Å². The Bertz CT molecular complexity index is 405. The third kappa shape index (κ3) is 1.19. The van der Waals surface area contributed by atoms with Crippen LogP contribution in [0, 0.1) is 5.82 Å². The van der Waals surface area contributed by atoms with Gasteiger partial charge in [0, 0.05) is 0 Å². The molecule has 0 radical (unpaired) electrons. The number of carbonyl (C=O) groups excluding carboxylic acids is 1. The van der Waals surface area contributed by atoms with E-state index < -0.39 is 29.7 Å². The fraction of sp³-hybridized carbons (Fsp3) is 0.125. The van der Waals surface area contributed by atoms with Crippen LogP contribution in [0.15, 0.2) is 12.1 Å². The quantitative estimate of drug-likeness (QED) is 0.656. The van der Waals surface area contributed by atoms with E-state index in [1.54, 1.807) is 0 Å². The van der Waals surface area contributed by atoms with Crippen LogP contribution in [-0.2, 0) is 0 Å². The van der Waals surface area contributed by atoms with Crippen molar-refractivity contribution in [1.29, 1.82) is 0 Å². The van der Waals surface area contributed by atoms with Gasteiger partial charge in [-0.05, 0) is 12.1 Å². The van der Waals surface area contributed by atoms with Crippen molar-refractivity contribution in [3.8, 4) is 11.5 Å². The largest absolute Gasteiger partial charge is 0.425 e. The van der Waals surface area contributed by atoms with Gasteiger partial charge in [-0.1, -0.05) is 0 Å². The average molecular weight is 204 g/mol. The van der Waals surface area contributed by atoms with Gasteiger partial charge in [0.25, 0.3) is 0 Å². The maximum Gasteiger partial charge on any atom is 0.397 e. The lowest BCUT2D eigenvalue weighted by Gasteiger charge is -1.99. The molecule has 0 bridgehead atoms. The Morgan fingerprint density at radius 3 is 2.71 bits per heavy atom. The molecule has 1 aromatic rings. The standard InChI is InChI=1S/C8H3F3O3/c9-5-3(7(10)12)1-2-4-6(5)14-8(11)13-4/h1-2,8H. The van der Waals surface area contributed by atoms with Crippen LogP contribution in [0.5, 0.6) is 11.5 Å². The van der Waals surface area contributed by atoms with Gasteiger partial charge in [-0.15, -0.1) is 0 Å². The zero-order chi connectivity index (χ0) is 10.3. The molecule has 0 aromatic heterocycles. The highest BCUT2D eigenvalue weighted by atomic mass is 19.2. The number of benzene rings is 1. The van der Waals surface area contributed by atoms with Crippen LogP contribution in [0.25, 0.3) is 0 Å². The third-order valence-corrected chi connectivity index (χ3v) is 1.70. The molecular weight excluding hydrogens is 201 g/mol. The molecule has 0 saturated heterocycles. The molecule has 3 nitrogen and oxygen atoms in total. The summed E-state index contributed by atoms with van der Waals surface area (Å²) in [6.07, 6.45) is 0. The molecule has 1 aromatic carbocycles. The van der Waals surface area contributed by atoms with Crippen LogP contribution in [-0.4, -0.2) is 12.6 Å². The monoisotopic (exact) mass is 204 g/mol. The van der Waals surface area contributed by atoms with E-state index in [0.29, 0.717) is 0 Å². The minimum absolute atomic E-state index is 0.194. The highest BCUT2D eigenvalue weighted by Crippen LogP contribution is 2.38. The summed E-state index contributed by atoms with van der Waals surface area (Å²) in [7, 11) is 0. The third-order valence-electron chi connectivity index (χ3n) is 1.70. The van der Waals surface area contributed by atoms with Crippen molar-refractivity contribution in [2.45, 2.75) is 6.54 Å². The molecule has 0 aliphatic carbocycles. The molecule has 1 heterocycles. The Kier molecular flexibility index (Phi) is 1.83. The van der Waals surface area contributed by atoms with Gasteiger partial charge >= 0.3 is 12.6 Å². The van der Waals surface area contributed by atoms with Crippen molar-refractivity contribution < 1.29 is 27.4 Å². The predicted octanol–water partition coefficient (Wildman–Crippen LogP) is 1.96. The number of fused-ring (bicyclic) bond motifs is 1. The summed E-state index contributed by atoms with van der Waals surface area (Å²) in [5.41, 5.74) is -0.804. The maximum atomic E-state index is 13.2. The van der Waals surface area contributed by atoms with E-state index in [1.165, 1.54) is 0 Å². The summed E-state index contributed by atoms with van der Waals surface area (Å²) in [5.74, 6) is -2.03. The van der Waals surface area contributed by atoms with Gasteiger partial charge in [-0.2, -0.15) is 8.78 Å². The summed E-state index contributed by atoms with van der Waals surface area (Å²) in [5, 5.41) is 0. The van der Waals surface area contributed by atoms with Crippen LogP contribution < -0.4 is 9.47 Å². The van der Waals surface area contributed by atoms with E-state index in [-0.39, 0.29) is 5.75 Å². The van der Waals surface area contributed by atoms with Crippen LogP contribution in [0.4, 0.5) is 13.2 Å². The summed E-state index contributed by atoms with van der Waals surface area (Å²) in [6, 6.07) is -0.0286. The summed E-state index contributed by atoms with van der Waals surface area (Å²) < 4.78 is 46.4. The Hall–Kier alpha value is -1.72. The van der Waals surface area contributed by atoms with Crippen molar-refractivity contribution in [3.63, 3.8) is 0 Å². The van der Waals surface area contributed by atoms with Crippen LogP contribution in [0.1, 0.15) is 10.4 Å². The molecule has 0 saturated carbocycles. The Morgan fingerprint density at radius 2 is 2.07 bits per heavy atom. The summed E-state index contributed by atoms with van der Waals surface area (Å²) >= 11 is 0.